The molecule has 2 N–H and O–H groups in total. The van der Waals surface area contributed by atoms with Gasteiger partial charge < -0.3 is 15.3 Å². The molecule has 0 aromatic carbocycles. The number of nitrogens with one attached hydrogen (secondary N) is 1. The van der Waals surface area contributed by atoms with Crippen molar-refractivity contribution < 1.29 is 14.7 Å². The fourth-order valence-corrected chi connectivity index (χ4v) is 4.54. The van der Waals surface area contributed by atoms with Crippen LogP contribution in [0, 0.1) is 23.7 Å². The molecule has 20 heavy (non-hydrogen) atoms. The van der Waals surface area contributed by atoms with Gasteiger partial charge in [-0.25, -0.2) is 4.79 Å². The van der Waals surface area contributed by atoms with E-state index in [1.54, 1.807) is 0 Å². The van der Waals surface area contributed by atoms with Crippen LogP contribution in [0.1, 0.15) is 39.5 Å². The molecule has 5 heteroatoms. The van der Waals surface area contributed by atoms with Gasteiger partial charge in [-0.05, 0) is 56.3 Å². The first-order valence-electron chi connectivity index (χ1n) is 7.81. The Labute approximate surface area is 119 Å². The molecule has 3 saturated carbocycles. The Hall–Kier alpha value is -1.26. The zero-order valence-electron chi connectivity index (χ0n) is 12.2. The van der Waals surface area contributed by atoms with E-state index in [-0.39, 0.29) is 18.6 Å². The van der Waals surface area contributed by atoms with Crippen molar-refractivity contribution in [3.05, 3.63) is 0 Å². The number of carbonyl (C=O) groups is 2. The van der Waals surface area contributed by atoms with Crippen LogP contribution in [0.25, 0.3) is 0 Å². The van der Waals surface area contributed by atoms with Crippen LogP contribution in [-0.2, 0) is 4.79 Å². The lowest BCUT2D eigenvalue weighted by Gasteiger charge is -2.27. The van der Waals surface area contributed by atoms with E-state index in [0.29, 0.717) is 17.9 Å². The highest BCUT2D eigenvalue weighted by atomic mass is 16.4. The molecule has 2 amide bonds. The molecule has 0 aliphatic heterocycles. The molecule has 0 heterocycles. The number of carbonyl (C=O) groups excluding carboxylic acids is 1. The molecule has 0 spiro atoms. The first kappa shape index (κ1) is 13.7. The lowest BCUT2D eigenvalue weighted by atomic mass is 10.0. The van der Waals surface area contributed by atoms with E-state index in [2.05, 4.69) is 5.32 Å². The summed E-state index contributed by atoms with van der Waals surface area (Å²) >= 11 is 0. The van der Waals surface area contributed by atoms with Crippen LogP contribution in [0.3, 0.4) is 0 Å². The maximum Gasteiger partial charge on any atom is 0.323 e. The third kappa shape index (κ3) is 2.17. The predicted octanol–water partition coefficient (Wildman–Crippen LogP) is 1.93. The number of urea groups is 1. The van der Waals surface area contributed by atoms with E-state index < -0.39 is 5.97 Å². The van der Waals surface area contributed by atoms with E-state index >= 15 is 0 Å². The largest absolute Gasteiger partial charge is 0.480 e. The highest BCUT2D eigenvalue weighted by Crippen LogP contribution is 2.65. The molecular weight excluding hydrogens is 256 g/mol. The average molecular weight is 280 g/mol. The Morgan fingerprint density at radius 1 is 1.30 bits per heavy atom. The lowest BCUT2D eigenvalue weighted by Crippen LogP contribution is -2.48. The van der Waals surface area contributed by atoms with Crippen molar-refractivity contribution in [1.29, 1.82) is 0 Å². The number of hydrogen-bond acceptors (Lipinski definition) is 2. The summed E-state index contributed by atoms with van der Waals surface area (Å²) in [6.07, 6.45) is 4.76. The zero-order chi connectivity index (χ0) is 14.4. The summed E-state index contributed by atoms with van der Waals surface area (Å²) in [6.45, 7) is 3.66. The van der Waals surface area contributed by atoms with Gasteiger partial charge in [-0.15, -0.1) is 0 Å². The van der Waals surface area contributed by atoms with Crippen molar-refractivity contribution in [2.75, 3.05) is 6.54 Å². The average Bonchev–Trinajstić information content (AvgIpc) is 2.82. The first-order valence-corrected chi connectivity index (χ1v) is 7.81. The van der Waals surface area contributed by atoms with E-state index in [1.165, 1.54) is 24.2 Å². The minimum Gasteiger partial charge on any atom is -0.480 e. The topological polar surface area (TPSA) is 69.6 Å². The van der Waals surface area contributed by atoms with Crippen LogP contribution in [0.2, 0.25) is 0 Å². The fraction of sp³-hybridized carbons (Fsp3) is 0.867. The molecule has 2 bridgehead atoms. The van der Waals surface area contributed by atoms with Crippen molar-refractivity contribution in [3.8, 4) is 0 Å². The molecule has 0 saturated heterocycles. The first-order chi connectivity index (χ1) is 9.52. The normalized spacial score (nSPS) is 38.2. The molecule has 3 rings (SSSR count). The van der Waals surface area contributed by atoms with Gasteiger partial charge in [0, 0.05) is 12.1 Å². The Morgan fingerprint density at radius 3 is 2.40 bits per heavy atom. The smallest absolute Gasteiger partial charge is 0.323 e. The molecule has 5 nitrogen and oxygen atoms in total. The van der Waals surface area contributed by atoms with Crippen LogP contribution in [0.15, 0.2) is 0 Å². The predicted molar refractivity (Wildman–Crippen MR) is 74.2 cm³/mol. The summed E-state index contributed by atoms with van der Waals surface area (Å²) < 4.78 is 0. The number of nitrogens with zero attached hydrogens (tertiary/aromatic N) is 1. The van der Waals surface area contributed by atoms with E-state index in [9.17, 15) is 9.59 Å². The summed E-state index contributed by atoms with van der Waals surface area (Å²) in [5.41, 5.74) is 0. The van der Waals surface area contributed by atoms with Gasteiger partial charge in [0.2, 0.25) is 0 Å². The molecule has 5 unspecified atom stereocenters. The third-order valence-electron chi connectivity index (χ3n) is 5.71. The van der Waals surface area contributed by atoms with E-state index in [1.807, 2.05) is 13.8 Å². The monoisotopic (exact) mass is 280 g/mol. The Balaban J connectivity index is 1.59. The quantitative estimate of drug-likeness (QED) is 0.808. The number of rotatable bonds is 5. The van der Waals surface area contributed by atoms with E-state index in [4.69, 9.17) is 5.11 Å². The van der Waals surface area contributed by atoms with Crippen LogP contribution < -0.4 is 5.32 Å². The Bertz CT molecular complexity index is 409. The zero-order valence-corrected chi connectivity index (χ0v) is 12.2. The maximum absolute atomic E-state index is 12.3. The number of carboxylic acids is 1. The standard InChI is InChI=1S/C15H24N2O3/c1-3-8(2)17(7-11(18)19)15(20)16-14-12-9-4-5-10(6-9)13(12)14/h8-10,12-14H,3-7H2,1-2H3,(H,16,20)(H,18,19). The summed E-state index contributed by atoms with van der Waals surface area (Å²) in [6, 6.07) is 0.0797. The second-order valence-corrected chi connectivity index (χ2v) is 6.74. The van der Waals surface area contributed by atoms with Crippen LogP contribution >= 0.6 is 0 Å². The number of hydrogen-bond donors (Lipinski definition) is 2. The van der Waals surface area contributed by atoms with Gasteiger partial charge in [-0.3, -0.25) is 4.79 Å². The van der Waals surface area contributed by atoms with Gasteiger partial charge in [0.15, 0.2) is 0 Å². The van der Waals surface area contributed by atoms with Gasteiger partial charge in [0.05, 0.1) is 0 Å². The molecule has 3 fully saturated rings. The Morgan fingerprint density at radius 2 is 1.90 bits per heavy atom. The molecular formula is C15H24N2O3. The summed E-state index contributed by atoms with van der Waals surface area (Å²) in [7, 11) is 0. The van der Waals surface area contributed by atoms with Crippen molar-refractivity contribution in [2.24, 2.45) is 23.7 Å². The summed E-state index contributed by atoms with van der Waals surface area (Å²) in [5.74, 6) is 2.04. The molecule has 5 atom stereocenters. The van der Waals surface area contributed by atoms with Crippen LogP contribution in [-0.4, -0.2) is 40.6 Å². The summed E-state index contributed by atoms with van der Waals surface area (Å²) in [4.78, 5) is 24.7. The van der Waals surface area contributed by atoms with Crippen molar-refractivity contribution in [2.45, 2.75) is 51.6 Å². The second-order valence-electron chi connectivity index (χ2n) is 6.74. The molecule has 3 aliphatic rings. The van der Waals surface area contributed by atoms with Gasteiger partial charge in [0.25, 0.3) is 0 Å². The van der Waals surface area contributed by atoms with Crippen LogP contribution in [0.4, 0.5) is 4.79 Å². The highest BCUT2D eigenvalue weighted by molar-refractivity contribution is 5.81. The number of carboxylic acid groups (broad SMARTS) is 1. The van der Waals surface area contributed by atoms with Gasteiger partial charge in [-0.1, -0.05) is 6.92 Å². The summed E-state index contributed by atoms with van der Waals surface area (Å²) in [5, 5.41) is 12.1. The molecule has 0 radical (unpaired) electrons. The lowest BCUT2D eigenvalue weighted by molar-refractivity contribution is -0.138. The van der Waals surface area contributed by atoms with Gasteiger partial charge in [-0.2, -0.15) is 0 Å². The second kappa shape index (κ2) is 4.93. The van der Waals surface area contributed by atoms with Crippen molar-refractivity contribution in [3.63, 3.8) is 0 Å². The minimum absolute atomic E-state index is 0.0404. The molecule has 0 aromatic rings. The van der Waals surface area contributed by atoms with Crippen LogP contribution in [0.5, 0.6) is 0 Å². The molecule has 3 aliphatic carbocycles. The van der Waals surface area contributed by atoms with E-state index in [0.717, 1.165) is 18.3 Å². The number of amides is 2. The van der Waals surface area contributed by atoms with Crippen molar-refractivity contribution >= 4 is 12.0 Å². The minimum atomic E-state index is -0.948. The number of fused-ring (bicyclic) bond motifs is 5. The SMILES string of the molecule is CCC(C)N(CC(=O)O)C(=O)NC1C2C3CCC(C3)C12. The fourth-order valence-electron chi connectivity index (χ4n) is 4.54. The maximum atomic E-state index is 12.3. The highest BCUT2D eigenvalue weighted by Gasteiger charge is 2.65. The molecule has 112 valence electrons. The van der Waals surface area contributed by atoms with Crippen molar-refractivity contribution in [1.82, 2.24) is 10.2 Å². The Kier molecular flexibility index (Phi) is 3.38. The number of aliphatic carboxylic acids is 1. The third-order valence-corrected chi connectivity index (χ3v) is 5.71. The van der Waals surface area contributed by atoms with Gasteiger partial charge >= 0.3 is 12.0 Å². The van der Waals surface area contributed by atoms with Gasteiger partial charge in [0.1, 0.15) is 6.54 Å². The molecule has 0 aromatic heterocycles.